The number of amides is 1. The van der Waals surface area contributed by atoms with Crippen LogP contribution in [0, 0.1) is 0 Å². The SMILES string of the molecule is CC(C(=O)NC(C)(C)C)N(C)c1nc(C2=NCCC=C2)nc2c1CCC2. The van der Waals surface area contributed by atoms with Crippen molar-refractivity contribution in [1.82, 2.24) is 15.3 Å². The summed E-state index contributed by atoms with van der Waals surface area (Å²) in [7, 11) is 1.94. The molecule has 0 aromatic carbocycles. The zero-order valence-corrected chi connectivity index (χ0v) is 16.5. The van der Waals surface area contributed by atoms with Gasteiger partial charge in [-0.1, -0.05) is 6.08 Å². The van der Waals surface area contributed by atoms with E-state index in [4.69, 9.17) is 9.97 Å². The predicted octanol–water partition coefficient (Wildman–Crippen LogP) is 2.45. The van der Waals surface area contributed by atoms with Crippen LogP contribution in [0.1, 0.15) is 57.6 Å². The molecule has 26 heavy (non-hydrogen) atoms. The van der Waals surface area contributed by atoms with Gasteiger partial charge in [-0.15, -0.1) is 0 Å². The van der Waals surface area contributed by atoms with Crippen LogP contribution in [0.25, 0.3) is 0 Å². The smallest absolute Gasteiger partial charge is 0.242 e. The first-order valence-electron chi connectivity index (χ1n) is 9.42. The maximum absolute atomic E-state index is 12.6. The molecule has 1 aliphatic heterocycles. The topological polar surface area (TPSA) is 70.5 Å². The van der Waals surface area contributed by atoms with E-state index >= 15 is 0 Å². The summed E-state index contributed by atoms with van der Waals surface area (Å²) >= 11 is 0. The number of aromatic nitrogens is 2. The van der Waals surface area contributed by atoms with Crippen molar-refractivity contribution >= 4 is 17.4 Å². The van der Waals surface area contributed by atoms with E-state index in [0.29, 0.717) is 5.82 Å². The first kappa shape index (κ1) is 18.5. The number of fused-ring (bicyclic) bond motifs is 1. The van der Waals surface area contributed by atoms with Crippen molar-refractivity contribution in [3.63, 3.8) is 0 Å². The quantitative estimate of drug-likeness (QED) is 0.901. The average Bonchev–Trinajstić information content (AvgIpc) is 3.07. The molecule has 0 bridgehead atoms. The molecule has 0 spiro atoms. The third kappa shape index (κ3) is 3.94. The highest BCUT2D eigenvalue weighted by Gasteiger charge is 2.28. The zero-order chi connectivity index (χ0) is 18.9. The second kappa shape index (κ2) is 7.17. The maximum atomic E-state index is 12.6. The molecule has 0 radical (unpaired) electrons. The minimum atomic E-state index is -0.314. The molecule has 0 fully saturated rings. The van der Waals surface area contributed by atoms with Crippen molar-refractivity contribution in [2.75, 3.05) is 18.5 Å². The Balaban J connectivity index is 1.93. The summed E-state index contributed by atoms with van der Waals surface area (Å²) in [5.41, 5.74) is 2.86. The van der Waals surface area contributed by atoms with E-state index in [0.717, 1.165) is 49.5 Å². The van der Waals surface area contributed by atoms with Crippen molar-refractivity contribution in [3.8, 4) is 0 Å². The molecule has 3 rings (SSSR count). The fourth-order valence-electron chi connectivity index (χ4n) is 3.30. The van der Waals surface area contributed by atoms with Crippen LogP contribution in [0.5, 0.6) is 0 Å². The van der Waals surface area contributed by atoms with Crippen LogP contribution >= 0.6 is 0 Å². The third-order valence-electron chi connectivity index (χ3n) is 4.79. The number of nitrogens with zero attached hydrogens (tertiary/aromatic N) is 4. The summed E-state index contributed by atoms with van der Waals surface area (Å²) in [4.78, 5) is 28.7. The molecule has 6 heteroatoms. The minimum absolute atomic E-state index is 0.00168. The Morgan fingerprint density at radius 3 is 2.69 bits per heavy atom. The number of carbonyl (C=O) groups is 1. The van der Waals surface area contributed by atoms with E-state index in [1.807, 2.05) is 45.7 Å². The lowest BCUT2D eigenvalue weighted by atomic mass is 10.1. The normalized spacial score (nSPS) is 17.5. The highest BCUT2D eigenvalue weighted by molar-refractivity contribution is 6.06. The molecule has 1 amide bonds. The fourth-order valence-corrected chi connectivity index (χ4v) is 3.30. The number of hydrogen-bond acceptors (Lipinski definition) is 5. The molecule has 1 unspecified atom stereocenters. The number of allylic oxidation sites excluding steroid dienone is 1. The average molecular weight is 355 g/mol. The standard InChI is InChI=1S/C20H29N5O/c1-13(19(26)24-20(2,3)4)25(5)18-14-9-8-11-15(14)22-17(23-18)16-10-6-7-12-21-16/h6,10,13H,7-9,11-12H2,1-5H3,(H,24,26). The van der Waals surface area contributed by atoms with Gasteiger partial charge in [0.1, 0.15) is 17.6 Å². The molecular weight excluding hydrogens is 326 g/mol. The number of dihydropyridines is 1. The van der Waals surface area contributed by atoms with Gasteiger partial charge in [0.25, 0.3) is 0 Å². The minimum Gasteiger partial charge on any atom is -0.350 e. The Morgan fingerprint density at radius 2 is 2.04 bits per heavy atom. The van der Waals surface area contributed by atoms with Gasteiger partial charge in [0.2, 0.25) is 5.91 Å². The van der Waals surface area contributed by atoms with Gasteiger partial charge < -0.3 is 10.2 Å². The molecule has 0 saturated heterocycles. The van der Waals surface area contributed by atoms with E-state index in [-0.39, 0.29) is 17.5 Å². The Hall–Kier alpha value is -2.24. The fraction of sp³-hybridized carbons (Fsp3) is 0.600. The summed E-state index contributed by atoms with van der Waals surface area (Å²) < 4.78 is 0. The molecule has 1 aromatic heterocycles. The van der Waals surface area contributed by atoms with E-state index in [2.05, 4.69) is 16.4 Å². The first-order valence-corrected chi connectivity index (χ1v) is 9.42. The molecular formula is C20H29N5O. The van der Waals surface area contributed by atoms with Gasteiger partial charge in [-0.05, 0) is 59.5 Å². The molecule has 1 aromatic rings. The number of anilines is 1. The highest BCUT2D eigenvalue weighted by Crippen LogP contribution is 2.29. The van der Waals surface area contributed by atoms with Gasteiger partial charge in [-0.2, -0.15) is 0 Å². The molecule has 140 valence electrons. The summed E-state index contributed by atoms with van der Waals surface area (Å²) in [5, 5.41) is 3.06. The van der Waals surface area contributed by atoms with Crippen molar-refractivity contribution < 1.29 is 4.79 Å². The maximum Gasteiger partial charge on any atom is 0.242 e. The molecule has 2 heterocycles. The summed E-state index contributed by atoms with van der Waals surface area (Å²) in [6, 6.07) is -0.314. The molecule has 0 saturated carbocycles. The number of rotatable bonds is 4. The van der Waals surface area contributed by atoms with Gasteiger partial charge in [0.15, 0.2) is 5.82 Å². The lowest BCUT2D eigenvalue weighted by molar-refractivity contribution is -0.123. The Bertz CT molecular complexity index is 760. The Labute approximate surface area is 155 Å². The number of nitrogens with one attached hydrogen (secondary N) is 1. The van der Waals surface area contributed by atoms with Crippen molar-refractivity contribution in [2.24, 2.45) is 4.99 Å². The van der Waals surface area contributed by atoms with E-state index < -0.39 is 0 Å². The summed E-state index contributed by atoms with van der Waals surface area (Å²) in [5.74, 6) is 1.54. The van der Waals surface area contributed by atoms with Gasteiger partial charge in [-0.3, -0.25) is 9.79 Å². The van der Waals surface area contributed by atoms with Crippen LogP contribution in [-0.4, -0.2) is 46.8 Å². The Kier molecular flexibility index (Phi) is 5.12. The lowest BCUT2D eigenvalue weighted by Gasteiger charge is -2.30. The van der Waals surface area contributed by atoms with Crippen LogP contribution in [-0.2, 0) is 17.6 Å². The number of aliphatic imine (C=N–C) groups is 1. The summed E-state index contributed by atoms with van der Waals surface area (Å²) in [6.07, 6.45) is 8.09. The van der Waals surface area contributed by atoms with E-state index in [9.17, 15) is 4.79 Å². The van der Waals surface area contributed by atoms with Crippen LogP contribution in [0.3, 0.4) is 0 Å². The third-order valence-corrected chi connectivity index (χ3v) is 4.79. The lowest BCUT2D eigenvalue weighted by Crippen LogP contribution is -2.50. The zero-order valence-electron chi connectivity index (χ0n) is 16.5. The molecule has 1 N–H and O–H groups in total. The van der Waals surface area contributed by atoms with Crippen LogP contribution < -0.4 is 10.2 Å². The van der Waals surface area contributed by atoms with Crippen molar-refractivity contribution in [1.29, 1.82) is 0 Å². The van der Waals surface area contributed by atoms with Gasteiger partial charge >= 0.3 is 0 Å². The molecule has 6 nitrogen and oxygen atoms in total. The first-order chi connectivity index (χ1) is 12.3. The largest absolute Gasteiger partial charge is 0.350 e. The van der Waals surface area contributed by atoms with Crippen LogP contribution in [0.15, 0.2) is 17.1 Å². The number of likely N-dealkylation sites (N-methyl/N-ethyl adjacent to an activating group) is 1. The second-order valence-electron chi connectivity index (χ2n) is 8.13. The summed E-state index contributed by atoms with van der Waals surface area (Å²) in [6.45, 7) is 8.67. The molecule has 1 aliphatic carbocycles. The predicted molar refractivity (Wildman–Crippen MR) is 105 cm³/mol. The molecule has 1 atom stereocenters. The van der Waals surface area contributed by atoms with Crippen LogP contribution in [0.2, 0.25) is 0 Å². The Morgan fingerprint density at radius 1 is 1.27 bits per heavy atom. The van der Waals surface area contributed by atoms with E-state index in [1.54, 1.807) is 0 Å². The monoisotopic (exact) mass is 355 g/mol. The van der Waals surface area contributed by atoms with E-state index in [1.165, 1.54) is 5.56 Å². The molecule has 2 aliphatic rings. The number of carbonyl (C=O) groups excluding carboxylic acids is 1. The van der Waals surface area contributed by atoms with Crippen molar-refractivity contribution in [3.05, 3.63) is 29.2 Å². The van der Waals surface area contributed by atoms with Gasteiger partial charge in [0, 0.05) is 30.4 Å². The highest BCUT2D eigenvalue weighted by atomic mass is 16.2. The van der Waals surface area contributed by atoms with Crippen molar-refractivity contribution in [2.45, 2.75) is 65.0 Å². The van der Waals surface area contributed by atoms with Gasteiger partial charge in [0.05, 0.1) is 0 Å². The van der Waals surface area contributed by atoms with Crippen LogP contribution in [0.4, 0.5) is 5.82 Å². The number of aryl methyl sites for hydroxylation is 1. The number of hydrogen-bond donors (Lipinski definition) is 1. The van der Waals surface area contributed by atoms with Gasteiger partial charge in [-0.25, -0.2) is 9.97 Å². The second-order valence-corrected chi connectivity index (χ2v) is 8.13.